The monoisotopic (exact) mass is 493 g/mol. The molecule has 0 aliphatic rings. The van der Waals surface area contributed by atoms with Gasteiger partial charge >= 0.3 is 0 Å². The van der Waals surface area contributed by atoms with Gasteiger partial charge in [0, 0.05) is 16.0 Å². The van der Waals surface area contributed by atoms with Crippen molar-refractivity contribution in [2.75, 3.05) is 0 Å². The van der Waals surface area contributed by atoms with E-state index in [0.717, 1.165) is 4.88 Å². The van der Waals surface area contributed by atoms with Gasteiger partial charge in [-0.2, -0.15) is 0 Å². The Morgan fingerprint density at radius 1 is 1.11 bits per heavy atom. The average Bonchev–Trinajstić information content (AvgIpc) is 3.50. The largest absolute Gasteiger partial charge is 0.349 e. The number of nitrogens with one attached hydrogen (secondary N) is 1. The normalized spacial score (nSPS) is 12.5. The zero-order valence-corrected chi connectivity index (χ0v) is 20.8. The maximum atomic E-state index is 15.1. The highest BCUT2D eigenvalue weighted by Crippen LogP contribution is 2.28. The second-order valence-electron chi connectivity index (χ2n) is 8.99. The highest BCUT2D eigenvalue weighted by atomic mass is 32.1. The van der Waals surface area contributed by atoms with Gasteiger partial charge in [-0.25, -0.2) is 9.07 Å². The molecule has 0 aliphatic heterocycles. The molecule has 0 saturated heterocycles. The Balaban J connectivity index is 1.76. The van der Waals surface area contributed by atoms with Gasteiger partial charge in [0.2, 0.25) is 11.8 Å². The van der Waals surface area contributed by atoms with Crippen LogP contribution in [0.2, 0.25) is 0 Å². The summed E-state index contributed by atoms with van der Waals surface area (Å²) in [4.78, 5) is 29.8. The smallest absolute Gasteiger partial charge is 0.247 e. The fourth-order valence-electron chi connectivity index (χ4n) is 3.78. The Kier molecular flexibility index (Phi) is 7.25. The summed E-state index contributed by atoms with van der Waals surface area (Å²) in [5, 5.41) is 13.2. The zero-order chi connectivity index (χ0) is 25.0. The highest BCUT2D eigenvalue weighted by molar-refractivity contribution is 7.09. The number of amides is 2. The molecule has 0 aliphatic carbocycles. The van der Waals surface area contributed by atoms with Crippen LogP contribution in [0.5, 0.6) is 0 Å². The Morgan fingerprint density at radius 2 is 1.86 bits per heavy atom. The molecular formula is C26H28FN5O2S. The van der Waals surface area contributed by atoms with Crippen molar-refractivity contribution in [2.24, 2.45) is 0 Å². The van der Waals surface area contributed by atoms with Gasteiger partial charge in [-0.1, -0.05) is 48.5 Å². The molecule has 7 nitrogen and oxygen atoms in total. The van der Waals surface area contributed by atoms with Crippen molar-refractivity contribution < 1.29 is 14.0 Å². The summed E-state index contributed by atoms with van der Waals surface area (Å²) in [5.74, 6) is -1.35. The maximum absolute atomic E-state index is 15.1. The van der Waals surface area contributed by atoms with E-state index >= 15 is 4.39 Å². The van der Waals surface area contributed by atoms with Gasteiger partial charge in [-0.05, 0) is 49.9 Å². The number of nitrogens with zero attached hydrogens (tertiary/aromatic N) is 4. The lowest BCUT2D eigenvalue weighted by Crippen LogP contribution is -2.50. The first kappa shape index (κ1) is 24.5. The van der Waals surface area contributed by atoms with Crippen molar-refractivity contribution in [3.05, 3.63) is 82.3 Å². The van der Waals surface area contributed by atoms with Crippen LogP contribution in [-0.2, 0) is 22.7 Å². The molecule has 2 aromatic heterocycles. The molecule has 1 N–H and O–H groups in total. The van der Waals surface area contributed by atoms with Crippen LogP contribution in [0.4, 0.5) is 4.39 Å². The minimum absolute atomic E-state index is 0.138. The SMILES string of the molecule is CCC(C)(C)NC(=O)C(c1ccccc1F)N(Cc1cccs1)C(=O)Cn1nnc2ccccc21. The van der Waals surface area contributed by atoms with E-state index < -0.39 is 23.3 Å². The first-order chi connectivity index (χ1) is 16.8. The van der Waals surface area contributed by atoms with E-state index in [1.807, 2.05) is 62.5 Å². The van der Waals surface area contributed by atoms with E-state index in [4.69, 9.17) is 0 Å². The molecule has 0 radical (unpaired) electrons. The van der Waals surface area contributed by atoms with Gasteiger partial charge in [0.1, 0.15) is 23.9 Å². The predicted octanol–water partition coefficient (Wildman–Crippen LogP) is 4.71. The van der Waals surface area contributed by atoms with Crippen LogP contribution >= 0.6 is 11.3 Å². The van der Waals surface area contributed by atoms with Crippen molar-refractivity contribution in [1.82, 2.24) is 25.2 Å². The van der Waals surface area contributed by atoms with Crippen molar-refractivity contribution in [1.29, 1.82) is 0 Å². The lowest BCUT2D eigenvalue weighted by molar-refractivity contribution is -0.143. The van der Waals surface area contributed by atoms with E-state index in [0.29, 0.717) is 17.5 Å². The lowest BCUT2D eigenvalue weighted by atomic mass is 9.98. The third-order valence-electron chi connectivity index (χ3n) is 6.04. The summed E-state index contributed by atoms with van der Waals surface area (Å²) in [6.45, 7) is 5.78. The van der Waals surface area contributed by atoms with Crippen LogP contribution in [0.15, 0.2) is 66.0 Å². The molecule has 9 heteroatoms. The number of benzene rings is 2. The molecular weight excluding hydrogens is 465 g/mol. The number of rotatable bonds is 9. The number of aromatic nitrogens is 3. The molecule has 4 aromatic rings. The summed E-state index contributed by atoms with van der Waals surface area (Å²) in [6.07, 6.45) is 0.673. The molecule has 0 spiro atoms. The third-order valence-corrected chi connectivity index (χ3v) is 6.90. The molecule has 0 bridgehead atoms. The Labute approximate surface area is 207 Å². The summed E-state index contributed by atoms with van der Waals surface area (Å²) in [7, 11) is 0. The van der Waals surface area contributed by atoms with Crippen molar-refractivity contribution >= 4 is 34.2 Å². The van der Waals surface area contributed by atoms with E-state index in [-0.39, 0.29) is 24.6 Å². The minimum atomic E-state index is -1.16. The van der Waals surface area contributed by atoms with Crippen LogP contribution in [0, 0.1) is 5.82 Å². The molecule has 1 unspecified atom stereocenters. The summed E-state index contributed by atoms with van der Waals surface area (Å²) < 4.78 is 16.6. The van der Waals surface area contributed by atoms with E-state index in [2.05, 4.69) is 15.6 Å². The number of hydrogen-bond donors (Lipinski definition) is 1. The quantitative estimate of drug-likeness (QED) is 0.366. The number of thiophene rings is 1. The number of para-hydroxylation sites is 1. The number of halogens is 1. The Bertz CT molecular complexity index is 1320. The summed E-state index contributed by atoms with van der Waals surface area (Å²) in [5.41, 5.74) is 0.986. The Hall–Kier alpha value is -3.59. The fraction of sp³-hybridized carbons (Fsp3) is 0.308. The molecule has 35 heavy (non-hydrogen) atoms. The van der Waals surface area contributed by atoms with Crippen molar-refractivity contribution in [3.8, 4) is 0 Å². The first-order valence-electron chi connectivity index (χ1n) is 11.5. The van der Waals surface area contributed by atoms with Crippen LogP contribution in [-0.4, -0.2) is 37.2 Å². The molecule has 182 valence electrons. The Morgan fingerprint density at radius 3 is 2.57 bits per heavy atom. The standard InChI is InChI=1S/C26H28FN5O2S/c1-4-26(2,3)28-25(34)24(19-11-5-6-12-20(19)27)31(16-18-10-9-15-35-18)23(33)17-32-22-14-8-7-13-21(22)29-30-32/h5-15,24H,4,16-17H2,1-3H3,(H,28,34). The lowest BCUT2D eigenvalue weighted by Gasteiger charge is -2.34. The summed E-state index contributed by atoms with van der Waals surface area (Å²) >= 11 is 1.47. The van der Waals surface area contributed by atoms with E-state index in [9.17, 15) is 9.59 Å². The van der Waals surface area contributed by atoms with E-state index in [1.54, 1.807) is 18.2 Å². The molecule has 4 rings (SSSR count). The van der Waals surface area contributed by atoms with Crippen molar-refractivity contribution in [3.63, 3.8) is 0 Å². The van der Waals surface area contributed by atoms with Crippen LogP contribution in [0.1, 0.15) is 43.7 Å². The van der Waals surface area contributed by atoms with Crippen LogP contribution < -0.4 is 5.32 Å². The highest BCUT2D eigenvalue weighted by Gasteiger charge is 2.36. The number of carbonyl (C=O) groups is 2. The van der Waals surface area contributed by atoms with Crippen LogP contribution in [0.3, 0.4) is 0 Å². The minimum Gasteiger partial charge on any atom is -0.349 e. The van der Waals surface area contributed by atoms with Gasteiger partial charge in [0.15, 0.2) is 0 Å². The van der Waals surface area contributed by atoms with Gasteiger partial charge in [-0.3, -0.25) is 9.59 Å². The molecule has 2 amide bonds. The zero-order valence-electron chi connectivity index (χ0n) is 19.9. The predicted molar refractivity (Wildman–Crippen MR) is 134 cm³/mol. The maximum Gasteiger partial charge on any atom is 0.247 e. The average molecular weight is 494 g/mol. The number of carbonyl (C=O) groups excluding carboxylic acids is 2. The van der Waals surface area contributed by atoms with Gasteiger partial charge in [0.05, 0.1) is 12.1 Å². The second kappa shape index (κ2) is 10.4. The second-order valence-corrected chi connectivity index (χ2v) is 10.0. The molecule has 2 aromatic carbocycles. The molecule has 0 saturated carbocycles. The fourth-order valence-corrected chi connectivity index (χ4v) is 4.49. The third kappa shape index (κ3) is 5.57. The topological polar surface area (TPSA) is 80.1 Å². The van der Waals surface area contributed by atoms with Gasteiger partial charge in [-0.15, -0.1) is 16.4 Å². The number of fused-ring (bicyclic) bond motifs is 1. The van der Waals surface area contributed by atoms with Crippen LogP contribution in [0.25, 0.3) is 11.0 Å². The summed E-state index contributed by atoms with van der Waals surface area (Å²) in [6, 6.07) is 16.0. The van der Waals surface area contributed by atoms with Gasteiger partial charge in [0.25, 0.3) is 0 Å². The van der Waals surface area contributed by atoms with Gasteiger partial charge < -0.3 is 10.2 Å². The molecule has 1 atom stereocenters. The van der Waals surface area contributed by atoms with E-state index in [1.165, 1.54) is 27.0 Å². The molecule has 0 fully saturated rings. The van der Waals surface area contributed by atoms with Crippen molar-refractivity contribution in [2.45, 2.75) is 51.9 Å². The number of hydrogen-bond acceptors (Lipinski definition) is 5. The molecule has 2 heterocycles. The first-order valence-corrected chi connectivity index (χ1v) is 12.3.